The standard InChI is InChI=1S/C16H24BFN2O2/c1-15(2)16(3,4)22-17(21-15)13(10-20)7-12-8-14(18)6-5-11(12)9-19/h5-8H,9-10,19-20H2,1-4H3. The Labute approximate surface area is 131 Å². The van der Waals surface area contributed by atoms with E-state index in [1.54, 1.807) is 6.07 Å². The highest BCUT2D eigenvalue weighted by molar-refractivity contribution is 6.55. The first-order chi connectivity index (χ1) is 10.2. The Hall–Kier alpha value is -1.21. The molecule has 0 spiro atoms. The van der Waals surface area contributed by atoms with Gasteiger partial charge in [-0.05, 0) is 56.4 Å². The van der Waals surface area contributed by atoms with Crippen LogP contribution in [0.4, 0.5) is 4.39 Å². The molecular formula is C16H24BFN2O2. The molecule has 22 heavy (non-hydrogen) atoms. The van der Waals surface area contributed by atoms with Gasteiger partial charge in [-0.25, -0.2) is 4.39 Å². The molecule has 0 bridgehead atoms. The zero-order valence-electron chi connectivity index (χ0n) is 13.7. The predicted molar refractivity (Wildman–Crippen MR) is 87.4 cm³/mol. The van der Waals surface area contributed by atoms with Crippen LogP contribution in [-0.4, -0.2) is 24.9 Å². The van der Waals surface area contributed by atoms with Crippen molar-refractivity contribution < 1.29 is 13.7 Å². The Bertz CT molecular complexity index is 572. The summed E-state index contributed by atoms with van der Waals surface area (Å²) in [6.07, 6.45) is 1.81. The van der Waals surface area contributed by atoms with Crippen LogP contribution < -0.4 is 11.5 Å². The van der Waals surface area contributed by atoms with Gasteiger partial charge in [-0.15, -0.1) is 0 Å². The lowest BCUT2D eigenvalue weighted by Gasteiger charge is -2.32. The minimum Gasteiger partial charge on any atom is -0.400 e. The summed E-state index contributed by atoms with van der Waals surface area (Å²) < 4.78 is 25.5. The van der Waals surface area contributed by atoms with E-state index in [0.29, 0.717) is 12.1 Å². The number of benzene rings is 1. The number of halogens is 1. The Morgan fingerprint density at radius 3 is 2.27 bits per heavy atom. The van der Waals surface area contributed by atoms with E-state index in [0.717, 1.165) is 11.0 Å². The van der Waals surface area contributed by atoms with E-state index in [1.165, 1.54) is 12.1 Å². The number of nitrogens with two attached hydrogens (primary N) is 2. The van der Waals surface area contributed by atoms with Crippen LogP contribution in [-0.2, 0) is 15.9 Å². The van der Waals surface area contributed by atoms with Crippen LogP contribution in [0.15, 0.2) is 23.7 Å². The van der Waals surface area contributed by atoms with Crippen molar-refractivity contribution in [3.8, 4) is 0 Å². The SMILES string of the molecule is CC1(C)OB(C(=Cc2cc(F)ccc2CN)CN)OC1(C)C. The second-order valence-corrected chi connectivity index (χ2v) is 6.56. The highest BCUT2D eigenvalue weighted by Crippen LogP contribution is 2.38. The van der Waals surface area contributed by atoms with Crippen molar-refractivity contribution in [2.75, 3.05) is 6.54 Å². The second-order valence-electron chi connectivity index (χ2n) is 6.56. The molecule has 4 nitrogen and oxygen atoms in total. The third kappa shape index (κ3) is 3.25. The van der Waals surface area contributed by atoms with Crippen LogP contribution in [0.3, 0.4) is 0 Å². The zero-order chi connectivity index (χ0) is 16.5. The van der Waals surface area contributed by atoms with Gasteiger partial charge < -0.3 is 20.8 Å². The summed E-state index contributed by atoms with van der Waals surface area (Å²) in [6.45, 7) is 8.51. The molecule has 1 aromatic rings. The fraction of sp³-hybridized carbons (Fsp3) is 0.500. The van der Waals surface area contributed by atoms with Crippen molar-refractivity contribution in [3.63, 3.8) is 0 Å². The van der Waals surface area contributed by atoms with E-state index < -0.39 is 18.3 Å². The van der Waals surface area contributed by atoms with E-state index >= 15 is 0 Å². The van der Waals surface area contributed by atoms with Gasteiger partial charge in [0, 0.05) is 13.1 Å². The first-order valence-corrected chi connectivity index (χ1v) is 7.45. The molecule has 0 aliphatic carbocycles. The summed E-state index contributed by atoms with van der Waals surface area (Å²) in [5.41, 5.74) is 13.0. The molecule has 0 atom stereocenters. The van der Waals surface area contributed by atoms with Crippen molar-refractivity contribution in [2.45, 2.75) is 45.4 Å². The lowest BCUT2D eigenvalue weighted by molar-refractivity contribution is 0.00578. The minimum absolute atomic E-state index is 0.261. The molecule has 0 radical (unpaired) electrons. The quantitative estimate of drug-likeness (QED) is 0.837. The molecule has 6 heteroatoms. The third-order valence-electron chi connectivity index (χ3n) is 4.46. The molecule has 1 aliphatic rings. The molecule has 0 amide bonds. The molecule has 0 aromatic heterocycles. The van der Waals surface area contributed by atoms with E-state index in [9.17, 15) is 4.39 Å². The number of hydrogen-bond acceptors (Lipinski definition) is 4. The van der Waals surface area contributed by atoms with Crippen LogP contribution in [0, 0.1) is 5.82 Å². The normalized spacial score (nSPS) is 20.5. The van der Waals surface area contributed by atoms with Gasteiger partial charge in [0.15, 0.2) is 0 Å². The summed E-state index contributed by atoms with van der Waals surface area (Å²) >= 11 is 0. The monoisotopic (exact) mass is 306 g/mol. The van der Waals surface area contributed by atoms with Gasteiger partial charge in [-0.3, -0.25) is 0 Å². The highest BCUT2D eigenvalue weighted by Gasteiger charge is 2.52. The third-order valence-corrected chi connectivity index (χ3v) is 4.46. The van der Waals surface area contributed by atoms with Crippen LogP contribution in [0.25, 0.3) is 6.08 Å². The maximum Gasteiger partial charge on any atom is 0.491 e. The van der Waals surface area contributed by atoms with Crippen LogP contribution in [0.5, 0.6) is 0 Å². The maximum atomic E-state index is 13.5. The first-order valence-electron chi connectivity index (χ1n) is 7.45. The molecule has 1 fully saturated rings. The zero-order valence-corrected chi connectivity index (χ0v) is 13.7. The number of hydrogen-bond donors (Lipinski definition) is 2. The summed E-state index contributed by atoms with van der Waals surface area (Å²) in [4.78, 5) is 0. The lowest BCUT2D eigenvalue weighted by Crippen LogP contribution is -2.41. The molecule has 4 N–H and O–H groups in total. The second kappa shape index (κ2) is 6.12. The first kappa shape index (κ1) is 17.2. The van der Waals surface area contributed by atoms with E-state index in [4.69, 9.17) is 20.8 Å². The maximum absolute atomic E-state index is 13.5. The molecule has 1 aliphatic heterocycles. The Morgan fingerprint density at radius 1 is 1.18 bits per heavy atom. The van der Waals surface area contributed by atoms with Gasteiger partial charge in [-0.2, -0.15) is 0 Å². The average Bonchev–Trinajstić information content (AvgIpc) is 2.64. The van der Waals surface area contributed by atoms with Gasteiger partial charge in [0.05, 0.1) is 11.2 Å². The van der Waals surface area contributed by atoms with Crippen molar-refractivity contribution in [1.29, 1.82) is 0 Å². The number of rotatable bonds is 4. The molecule has 0 saturated carbocycles. The summed E-state index contributed by atoms with van der Waals surface area (Å²) in [6, 6.07) is 4.53. The van der Waals surface area contributed by atoms with Gasteiger partial charge in [0.25, 0.3) is 0 Å². The smallest absolute Gasteiger partial charge is 0.400 e. The van der Waals surface area contributed by atoms with Gasteiger partial charge in [0.2, 0.25) is 0 Å². The Balaban J connectivity index is 2.35. The lowest BCUT2D eigenvalue weighted by atomic mass is 9.77. The molecule has 2 rings (SSSR count). The summed E-state index contributed by atoms with van der Waals surface area (Å²) in [7, 11) is -0.538. The highest BCUT2D eigenvalue weighted by atomic mass is 19.1. The van der Waals surface area contributed by atoms with Crippen LogP contribution in [0.2, 0.25) is 0 Å². The molecule has 1 saturated heterocycles. The Kier molecular flexibility index (Phi) is 4.77. The van der Waals surface area contributed by atoms with Crippen LogP contribution >= 0.6 is 0 Å². The fourth-order valence-electron chi connectivity index (χ4n) is 2.30. The molecular weight excluding hydrogens is 282 g/mol. The van der Waals surface area contributed by atoms with Crippen molar-refractivity contribution in [3.05, 3.63) is 40.6 Å². The topological polar surface area (TPSA) is 70.5 Å². The van der Waals surface area contributed by atoms with E-state index in [1.807, 2.05) is 33.8 Å². The molecule has 1 heterocycles. The van der Waals surface area contributed by atoms with Crippen molar-refractivity contribution in [2.24, 2.45) is 11.5 Å². The summed E-state index contributed by atoms with van der Waals surface area (Å²) in [5.74, 6) is -0.311. The van der Waals surface area contributed by atoms with Crippen molar-refractivity contribution >= 4 is 13.2 Å². The summed E-state index contributed by atoms with van der Waals surface area (Å²) in [5, 5.41) is 0. The molecule has 1 aromatic carbocycles. The van der Waals surface area contributed by atoms with E-state index in [-0.39, 0.29) is 12.4 Å². The largest absolute Gasteiger partial charge is 0.491 e. The Morgan fingerprint density at radius 2 is 1.77 bits per heavy atom. The van der Waals surface area contributed by atoms with Gasteiger partial charge >= 0.3 is 7.12 Å². The molecule has 120 valence electrons. The molecule has 0 unspecified atom stereocenters. The fourth-order valence-corrected chi connectivity index (χ4v) is 2.30. The van der Waals surface area contributed by atoms with Crippen LogP contribution in [0.1, 0.15) is 38.8 Å². The van der Waals surface area contributed by atoms with Gasteiger partial charge in [0.1, 0.15) is 5.82 Å². The minimum atomic E-state index is -0.538. The van der Waals surface area contributed by atoms with E-state index in [2.05, 4.69) is 0 Å². The van der Waals surface area contributed by atoms with Gasteiger partial charge in [-0.1, -0.05) is 12.1 Å². The average molecular weight is 306 g/mol. The predicted octanol–water partition coefficient (Wildman–Crippen LogP) is 2.26. The van der Waals surface area contributed by atoms with Crippen molar-refractivity contribution in [1.82, 2.24) is 0 Å².